The summed E-state index contributed by atoms with van der Waals surface area (Å²) in [7, 11) is 1.98. The highest BCUT2D eigenvalue weighted by Crippen LogP contribution is 2.38. The summed E-state index contributed by atoms with van der Waals surface area (Å²) in [6, 6.07) is 3.88. The molecule has 3 aromatic rings. The Hall–Kier alpha value is -1.90. The van der Waals surface area contributed by atoms with Gasteiger partial charge in [-0.25, -0.2) is 4.98 Å². The van der Waals surface area contributed by atoms with Crippen molar-refractivity contribution in [3.8, 4) is 0 Å². The SMILES string of the molecule is CC(=O)N(c1nc(CSc2nnc(C(C)C)n2C)cs1)c1c(C)cc(C)cc1Cl. The molecule has 0 unspecified atom stereocenters. The van der Waals surface area contributed by atoms with Crippen LogP contribution in [0.5, 0.6) is 0 Å². The molecule has 1 amide bonds. The Labute approximate surface area is 184 Å². The number of rotatable bonds is 6. The molecule has 29 heavy (non-hydrogen) atoms. The van der Waals surface area contributed by atoms with Gasteiger partial charge in [-0.1, -0.05) is 43.3 Å². The molecule has 0 atom stereocenters. The zero-order valence-corrected chi connectivity index (χ0v) is 19.7. The van der Waals surface area contributed by atoms with E-state index in [9.17, 15) is 4.79 Å². The van der Waals surface area contributed by atoms with E-state index in [0.29, 0.717) is 27.5 Å². The number of aromatic nitrogens is 4. The number of hydrogen-bond acceptors (Lipinski definition) is 6. The maximum Gasteiger partial charge on any atom is 0.230 e. The lowest BCUT2D eigenvalue weighted by molar-refractivity contribution is -0.115. The van der Waals surface area contributed by atoms with Crippen LogP contribution in [-0.4, -0.2) is 25.7 Å². The summed E-state index contributed by atoms with van der Waals surface area (Å²) in [5.74, 6) is 1.80. The molecule has 3 rings (SSSR count). The van der Waals surface area contributed by atoms with Crippen molar-refractivity contribution in [1.82, 2.24) is 19.7 Å². The maximum absolute atomic E-state index is 12.4. The lowest BCUT2D eigenvalue weighted by atomic mass is 10.1. The minimum Gasteiger partial charge on any atom is -0.309 e. The molecule has 0 bridgehead atoms. The van der Waals surface area contributed by atoms with Gasteiger partial charge in [-0.15, -0.1) is 21.5 Å². The van der Waals surface area contributed by atoms with E-state index in [1.165, 1.54) is 18.3 Å². The number of benzene rings is 1. The maximum atomic E-state index is 12.4. The van der Waals surface area contributed by atoms with Gasteiger partial charge in [0.05, 0.1) is 16.4 Å². The monoisotopic (exact) mass is 449 g/mol. The molecule has 154 valence electrons. The topological polar surface area (TPSA) is 63.9 Å². The van der Waals surface area contributed by atoms with E-state index in [1.54, 1.807) is 16.7 Å². The van der Waals surface area contributed by atoms with Gasteiger partial charge in [-0.3, -0.25) is 9.69 Å². The normalized spacial score (nSPS) is 11.3. The molecule has 0 fully saturated rings. The van der Waals surface area contributed by atoms with Crippen molar-refractivity contribution < 1.29 is 4.79 Å². The fourth-order valence-electron chi connectivity index (χ4n) is 3.14. The summed E-state index contributed by atoms with van der Waals surface area (Å²) in [5, 5.41) is 12.5. The van der Waals surface area contributed by atoms with Gasteiger partial charge < -0.3 is 4.57 Å². The quantitative estimate of drug-likeness (QED) is 0.455. The van der Waals surface area contributed by atoms with Crippen molar-refractivity contribution in [1.29, 1.82) is 0 Å². The van der Waals surface area contributed by atoms with Crippen molar-refractivity contribution in [2.75, 3.05) is 4.90 Å². The molecule has 9 heteroatoms. The van der Waals surface area contributed by atoms with Crippen LogP contribution in [0.2, 0.25) is 5.02 Å². The van der Waals surface area contributed by atoms with Crippen molar-refractivity contribution in [3.63, 3.8) is 0 Å². The number of aryl methyl sites for hydroxylation is 2. The van der Waals surface area contributed by atoms with Gasteiger partial charge in [-0.05, 0) is 31.0 Å². The molecule has 0 aliphatic carbocycles. The molecule has 0 saturated carbocycles. The van der Waals surface area contributed by atoms with Crippen molar-refractivity contribution in [2.45, 2.75) is 51.4 Å². The van der Waals surface area contributed by atoms with E-state index in [4.69, 9.17) is 11.6 Å². The second-order valence-corrected chi connectivity index (χ2v) is 9.42. The highest BCUT2D eigenvalue weighted by Gasteiger charge is 2.23. The number of hydrogen-bond donors (Lipinski definition) is 0. The van der Waals surface area contributed by atoms with Crippen LogP contribution in [0.25, 0.3) is 0 Å². The first-order valence-corrected chi connectivity index (χ1v) is 11.5. The number of amides is 1. The first-order chi connectivity index (χ1) is 13.7. The average Bonchev–Trinajstić information content (AvgIpc) is 3.22. The van der Waals surface area contributed by atoms with Gasteiger partial charge in [0.25, 0.3) is 0 Å². The summed E-state index contributed by atoms with van der Waals surface area (Å²) in [6.45, 7) is 9.66. The zero-order chi connectivity index (χ0) is 21.3. The zero-order valence-electron chi connectivity index (χ0n) is 17.4. The van der Waals surface area contributed by atoms with Gasteiger partial charge in [0.1, 0.15) is 5.82 Å². The van der Waals surface area contributed by atoms with Crippen LogP contribution >= 0.6 is 34.7 Å². The summed E-state index contributed by atoms with van der Waals surface area (Å²) in [4.78, 5) is 18.7. The van der Waals surface area contributed by atoms with Crippen molar-refractivity contribution >= 4 is 51.4 Å². The van der Waals surface area contributed by atoms with E-state index in [2.05, 4.69) is 29.0 Å². The molecule has 0 saturated heterocycles. The Morgan fingerprint density at radius 2 is 2.03 bits per heavy atom. The lowest BCUT2D eigenvalue weighted by Gasteiger charge is -2.22. The van der Waals surface area contributed by atoms with Crippen molar-refractivity contribution in [2.24, 2.45) is 7.05 Å². The molecule has 2 aromatic heterocycles. The van der Waals surface area contributed by atoms with E-state index in [0.717, 1.165) is 27.8 Å². The van der Waals surface area contributed by atoms with E-state index in [1.807, 2.05) is 43.0 Å². The standard InChI is InChI=1S/C20H24ClN5OS2/c1-11(2)18-23-24-20(25(18)6)29-10-15-9-28-19(22-15)26(14(5)27)17-13(4)7-12(3)8-16(17)21/h7-9,11H,10H2,1-6H3. The number of anilines is 2. The third-order valence-corrected chi connectivity index (χ3v) is 6.62. The molecule has 0 N–H and O–H groups in total. The van der Waals surface area contributed by atoms with Crippen molar-refractivity contribution in [3.05, 3.63) is 45.2 Å². The van der Waals surface area contributed by atoms with Gasteiger partial charge in [0.15, 0.2) is 10.3 Å². The summed E-state index contributed by atoms with van der Waals surface area (Å²) >= 11 is 9.49. The third kappa shape index (κ3) is 4.65. The molecule has 0 radical (unpaired) electrons. The van der Waals surface area contributed by atoms with Gasteiger partial charge in [0, 0.05) is 31.0 Å². The number of halogens is 1. The minimum atomic E-state index is -0.123. The molecule has 0 aliphatic heterocycles. The largest absolute Gasteiger partial charge is 0.309 e. The highest BCUT2D eigenvalue weighted by molar-refractivity contribution is 7.98. The first kappa shape index (κ1) is 21.8. The average molecular weight is 450 g/mol. The van der Waals surface area contributed by atoms with Gasteiger partial charge in [-0.2, -0.15) is 0 Å². The summed E-state index contributed by atoms with van der Waals surface area (Å²) < 4.78 is 2.01. The molecule has 0 spiro atoms. The number of nitrogens with zero attached hydrogens (tertiary/aromatic N) is 5. The van der Waals surface area contributed by atoms with Crippen LogP contribution in [0.3, 0.4) is 0 Å². The second-order valence-electron chi connectivity index (χ2n) is 7.23. The van der Waals surface area contributed by atoms with Crippen LogP contribution in [0.4, 0.5) is 10.8 Å². The van der Waals surface area contributed by atoms with E-state index >= 15 is 0 Å². The molecular weight excluding hydrogens is 426 g/mol. The van der Waals surface area contributed by atoms with Crippen LogP contribution in [-0.2, 0) is 17.6 Å². The highest BCUT2D eigenvalue weighted by atomic mass is 35.5. The molecule has 1 aromatic carbocycles. The summed E-state index contributed by atoms with van der Waals surface area (Å²) in [6.07, 6.45) is 0. The fraction of sp³-hybridized carbons (Fsp3) is 0.400. The number of thioether (sulfide) groups is 1. The van der Waals surface area contributed by atoms with E-state index in [-0.39, 0.29) is 5.91 Å². The van der Waals surface area contributed by atoms with Crippen LogP contribution in [0, 0.1) is 13.8 Å². The van der Waals surface area contributed by atoms with Crippen LogP contribution in [0.1, 0.15) is 49.3 Å². The Kier molecular flexibility index (Phi) is 6.65. The molecule has 0 aliphatic rings. The first-order valence-electron chi connectivity index (χ1n) is 9.23. The van der Waals surface area contributed by atoms with Gasteiger partial charge >= 0.3 is 0 Å². The number of carbonyl (C=O) groups excluding carboxylic acids is 1. The third-order valence-electron chi connectivity index (χ3n) is 4.40. The minimum absolute atomic E-state index is 0.123. The second kappa shape index (κ2) is 8.85. The number of thiazole rings is 1. The predicted molar refractivity (Wildman–Crippen MR) is 121 cm³/mol. The lowest BCUT2D eigenvalue weighted by Crippen LogP contribution is -2.24. The molecule has 6 nitrogen and oxygen atoms in total. The van der Waals surface area contributed by atoms with E-state index < -0.39 is 0 Å². The van der Waals surface area contributed by atoms with Gasteiger partial charge in [0.2, 0.25) is 5.91 Å². The molecular formula is C20H24ClN5OS2. The Morgan fingerprint density at radius 3 is 2.62 bits per heavy atom. The molecule has 2 heterocycles. The number of carbonyl (C=O) groups is 1. The Balaban J connectivity index is 1.83. The van der Waals surface area contributed by atoms with Crippen LogP contribution < -0.4 is 4.90 Å². The predicted octanol–water partition coefficient (Wildman–Crippen LogP) is 5.64. The Bertz CT molecular complexity index is 1020. The summed E-state index contributed by atoms with van der Waals surface area (Å²) in [5.41, 5.74) is 3.57. The smallest absolute Gasteiger partial charge is 0.230 e. The fourth-order valence-corrected chi connectivity index (χ4v) is 5.33. The Morgan fingerprint density at radius 1 is 1.31 bits per heavy atom. The van der Waals surface area contributed by atoms with Crippen LogP contribution in [0.15, 0.2) is 22.7 Å².